The van der Waals surface area contributed by atoms with Gasteiger partial charge in [0.25, 0.3) is 0 Å². The number of furan rings is 1. The smallest absolute Gasteiger partial charge is 0.135 e. The Morgan fingerprint density at radius 3 is 1.55 bits per heavy atom. The molecule has 1 atom stereocenters. The highest BCUT2D eigenvalue weighted by molar-refractivity contribution is 7.25. The maximum absolute atomic E-state index is 6.44. The predicted molar refractivity (Wildman–Crippen MR) is 281 cm³/mol. The Kier molecular flexibility index (Phi) is 7.41. The number of rotatable bonds is 3. The largest absolute Gasteiger partial charge is 0.456 e. The van der Waals surface area contributed by atoms with E-state index in [4.69, 9.17) is 4.42 Å². The molecule has 3 aliphatic rings. The van der Waals surface area contributed by atoms with Crippen LogP contribution >= 0.6 is 11.3 Å². The second-order valence-electron chi connectivity index (χ2n) is 19.1. The van der Waals surface area contributed by atoms with E-state index in [9.17, 15) is 0 Å². The lowest BCUT2D eigenvalue weighted by molar-refractivity contribution is 0.660. The zero-order chi connectivity index (χ0) is 44.2. The fraction of sp³-hybridized carbons (Fsp3) is 0.0625. The van der Waals surface area contributed by atoms with E-state index in [1.165, 1.54) is 98.1 Å². The third-order valence-corrected chi connectivity index (χ3v) is 16.6. The minimum absolute atomic E-state index is 0.168. The van der Waals surface area contributed by atoms with Crippen molar-refractivity contribution in [1.29, 1.82) is 0 Å². The van der Waals surface area contributed by atoms with Gasteiger partial charge in [-0.25, -0.2) is 0 Å². The summed E-state index contributed by atoms with van der Waals surface area (Å²) in [5.41, 5.74) is 22.5. The molecule has 0 amide bonds. The SMILES string of the molecule is CC1(C)c2ccccc2-c2ccc(N(c3ccc4c(c3)C3(c5ccccc5-c5ccccc5-4)c4ccccc4-c4cc5c(cc43)sc3ccccc35)c3ccc4oc5ccccc5c4c3)cc21. The van der Waals surface area contributed by atoms with Gasteiger partial charge in [0.2, 0.25) is 0 Å². The summed E-state index contributed by atoms with van der Waals surface area (Å²) in [7, 11) is 0. The molecular formula is C64H41NOS. The molecule has 0 fully saturated rings. The molecule has 3 heteroatoms. The highest BCUT2D eigenvalue weighted by Crippen LogP contribution is 2.63. The van der Waals surface area contributed by atoms with Crippen molar-refractivity contribution in [3.8, 4) is 44.5 Å². The highest BCUT2D eigenvalue weighted by Gasteiger charge is 2.50. The van der Waals surface area contributed by atoms with Gasteiger partial charge in [-0.1, -0.05) is 159 Å². The Morgan fingerprint density at radius 2 is 0.821 bits per heavy atom. The fourth-order valence-corrected chi connectivity index (χ4v) is 13.7. The van der Waals surface area contributed by atoms with Crippen molar-refractivity contribution in [2.45, 2.75) is 24.7 Å². The van der Waals surface area contributed by atoms with Crippen molar-refractivity contribution in [2.75, 3.05) is 4.90 Å². The lowest BCUT2D eigenvalue weighted by atomic mass is 9.65. The zero-order valence-corrected chi connectivity index (χ0v) is 37.8. The van der Waals surface area contributed by atoms with E-state index >= 15 is 0 Å². The Bertz CT molecular complexity index is 4110. The molecule has 2 heterocycles. The van der Waals surface area contributed by atoms with Gasteiger partial charge < -0.3 is 9.32 Å². The summed E-state index contributed by atoms with van der Waals surface area (Å²) in [6.07, 6.45) is 0. The molecule has 314 valence electrons. The number of nitrogens with zero attached hydrogens (tertiary/aromatic N) is 1. The van der Waals surface area contributed by atoms with Gasteiger partial charge in [-0.3, -0.25) is 0 Å². The molecule has 0 saturated heterocycles. The summed E-state index contributed by atoms with van der Waals surface area (Å²) in [5, 5.41) is 4.86. The van der Waals surface area contributed by atoms with Crippen LogP contribution in [0.2, 0.25) is 0 Å². The summed E-state index contributed by atoms with van der Waals surface area (Å²) in [6.45, 7) is 4.75. The molecule has 0 saturated carbocycles. The number of hydrogen-bond acceptors (Lipinski definition) is 3. The van der Waals surface area contributed by atoms with E-state index in [0.717, 1.165) is 39.0 Å². The van der Waals surface area contributed by atoms with Crippen LogP contribution in [-0.4, -0.2) is 0 Å². The molecule has 0 N–H and O–H groups in total. The molecule has 3 aliphatic carbocycles. The first kappa shape index (κ1) is 37.3. The highest BCUT2D eigenvalue weighted by atomic mass is 32.1. The molecular weight excluding hydrogens is 831 g/mol. The minimum Gasteiger partial charge on any atom is -0.456 e. The first-order valence-corrected chi connectivity index (χ1v) is 24.1. The molecule has 0 aliphatic heterocycles. The number of thiophene rings is 1. The Hall–Kier alpha value is -7.98. The second-order valence-corrected chi connectivity index (χ2v) is 20.2. The van der Waals surface area contributed by atoms with Crippen LogP contribution in [-0.2, 0) is 10.8 Å². The number of benzene rings is 10. The van der Waals surface area contributed by atoms with Crippen LogP contribution in [0.4, 0.5) is 17.1 Å². The van der Waals surface area contributed by atoms with Crippen molar-refractivity contribution >= 4 is 70.5 Å². The summed E-state index contributed by atoms with van der Waals surface area (Å²) in [6, 6.07) is 80.0. The third kappa shape index (κ3) is 4.89. The monoisotopic (exact) mass is 871 g/mol. The van der Waals surface area contributed by atoms with Gasteiger partial charge in [-0.15, -0.1) is 11.3 Å². The van der Waals surface area contributed by atoms with Gasteiger partial charge in [-0.05, 0) is 145 Å². The summed E-state index contributed by atoms with van der Waals surface area (Å²) in [4.78, 5) is 2.49. The fourth-order valence-electron chi connectivity index (χ4n) is 12.6. The van der Waals surface area contributed by atoms with Crippen molar-refractivity contribution < 1.29 is 4.42 Å². The van der Waals surface area contributed by atoms with E-state index in [1.807, 2.05) is 11.3 Å². The number of fused-ring (bicyclic) bond motifs is 21. The van der Waals surface area contributed by atoms with E-state index in [-0.39, 0.29) is 5.41 Å². The van der Waals surface area contributed by atoms with Gasteiger partial charge in [0.15, 0.2) is 0 Å². The van der Waals surface area contributed by atoms with Gasteiger partial charge in [0, 0.05) is 53.4 Å². The van der Waals surface area contributed by atoms with Crippen LogP contribution in [0.5, 0.6) is 0 Å². The lowest BCUT2D eigenvalue weighted by Crippen LogP contribution is -2.29. The van der Waals surface area contributed by atoms with Gasteiger partial charge in [0.05, 0.1) is 5.41 Å². The molecule has 2 nitrogen and oxygen atoms in total. The van der Waals surface area contributed by atoms with Gasteiger partial charge in [-0.2, -0.15) is 0 Å². The minimum atomic E-state index is -0.644. The average molecular weight is 872 g/mol. The first-order chi connectivity index (χ1) is 33.0. The number of hydrogen-bond donors (Lipinski definition) is 0. The van der Waals surface area contributed by atoms with E-state index in [0.29, 0.717) is 0 Å². The standard InChI is InChI=1S/C64H41NOS/c1-63(2)53-22-10-5-18-44(53)47-31-28-39(34-56(47)63)65(38-29-32-60-51(33-38)48-20-8-13-25-59(48)66-60)40-27-30-46-42-16-4-3-15-41(42)43-17-6-11-23-54(43)64(57(46)35-40)55-24-12-7-19-45(55)50-36-52-49-21-9-14-26-61(49)67-62(52)37-58(50)64/h3-37H,1-2H3. The maximum Gasteiger partial charge on any atom is 0.135 e. The lowest BCUT2D eigenvalue weighted by Gasteiger charge is -2.36. The molecule has 1 spiro atoms. The van der Waals surface area contributed by atoms with Gasteiger partial charge in [0.1, 0.15) is 11.2 Å². The third-order valence-electron chi connectivity index (χ3n) is 15.5. The van der Waals surface area contributed by atoms with E-state index in [1.54, 1.807) is 0 Å². The van der Waals surface area contributed by atoms with Crippen molar-refractivity contribution in [3.63, 3.8) is 0 Å². The normalized spacial score (nSPS) is 15.8. The van der Waals surface area contributed by atoms with Crippen LogP contribution in [0.15, 0.2) is 217 Å². The molecule has 10 aromatic carbocycles. The second kappa shape index (κ2) is 13.3. The molecule has 1 unspecified atom stereocenters. The Morgan fingerprint density at radius 1 is 0.328 bits per heavy atom. The van der Waals surface area contributed by atoms with Crippen LogP contribution in [0, 0.1) is 0 Å². The number of para-hydroxylation sites is 1. The maximum atomic E-state index is 6.44. The van der Waals surface area contributed by atoms with Crippen molar-refractivity contribution in [1.82, 2.24) is 0 Å². The molecule has 0 bridgehead atoms. The molecule has 67 heavy (non-hydrogen) atoms. The quantitative estimate of drug-likeness (QED) is 0.176. The predicted octanol–water partition coefficient (Wildman–Crippen LogP) is 17.7. The summed E-state index contributed by atoms with van der Waals surface area (Å²) < 4.78 is 9.07. The Balaban J connectivity index is 1.06. The molecule has 2 aromatic heterocycles. The molecule has 15 rings (SSSR count). The van der Waals surface area contributed by atoms with Crippen LogP contribution < -0.4 is 4.90 Å². The first-order valence-electron chi connectivity index (χ1n) is 23.3. The molecule has 12 aromatic rings. The zero-order valence-electron chi connectivity index (χ0n) is 37.0. The summed E-state index contributed by atoms with van der Waals surface area (Å²) in [5.74, 6) is 0. The topological polar surface area (TPSA) is 16.4 Å². The Labute approximate surface area is 392 Å². The van der Waals surface area contributed by atoms with E-state index < -0.39 is 5.41 Å². The average Bonchev–Trinajstić information content (AvgIpc) is 4.06. The van der Waals surface area contributed by atoms with Crippen LogP contribution in [0.1, 0.15) is 47.2 Å². The molecule has 0 radical (unpaired) electrons. The summed E-state index contributed by atoms with van der Waals surface area (Å²) >= 11 is 1.90. The van der Waals surface area contributed by atoms with E-state index in [2.05, 4.69) is 231 Å². The van der Waals surface area contributed by atoms with Crippen molar-refractivity contribution in [2.24, 2.45) is 0 Å². The van der Waals surface area contributed by atoms with Crippen LogP contribution in [0.25, 0.3) is 86.6 Å². The van der Waals surface area contributed by atoms with Gasteiger partial charge >= 0.3 is 0 Å². The number of anilines is 3. The van der Waals surface area contributed by atoms with Crippen LogP contribution in [0.3, 0.4) is 0 Å². The van der Waals surface area contributed by atoms with Crippen molar-refractivity contribution in [3.05, 3.63) is 246 Å².